The van der Waals surface area contributed by atoms with Crippen LogP contribution in [0.2, 0.25) is 0 Å². The minimum atomic E-state index is -0.148. The molecule has 0 aliphatic carbocycles. The van der Waals surface area contributed by atoms with Crippen LogP contribution in [0, 0.1) is 0 Å². The van der Waals surface area contributed by atoms with Crippen LogP contribution in [-0.2, 0) is 5.75 Å². The first-order valence-electron chi connectivity index (χ1n) is 4.95. The van der Waals surface area contributed by atoms with E-state index < -0.39 is 0 Å². The Hall–Kier alpha value is -1.40. The molecule has 0 atom stereocenters. The van der Waals surface area contributed by atoms with Gasteiger partial charge in [-0.1, -0.05) is 23.5 Å². The van der Waals surface area contributed by atoms with E-state index in [4.69, 9.17) is 0 Å². The standard InChI is InChI=1S/C11H11N3OS2/c1-16-6-8-3-2-4-9(5-8)10(15)13-11-14-12-7-17-11/h2-5,7H,6H2,1H3,(H,13,14,15). The Morgan fingerprint density at radius 3 is 3.12 bits per heavy atom. The van der Waals surface area contributed by atoms with E-state index in [0.717, 1.165) is 11.3 Å². The summed E-state index contributed by atoms with van der Waals surface area (Å²) in [4.78, 5) is 11.9. The number of hydrogen-bond donors (Lipinski definition) is 1. The lowest BCUT2D eigenvalue weighted by atomic mass is 10.1. The lowest BCUT2D eigenvalue weighted by Crippen LogP contribution is -2.11. The third kappa shape index (κ3) is 3.28. The van der Waals surface area contributed by atoms with E-state index in [1.807, 2.05) is 24.5 Å². The number of carbonyl (C=O) groups excluding carboxylic acids is 1. The Morgan fingerprint density at radius 2 is 2.41 bits per heavy atom. The summed E-state index contributed by atoms with van der Waals surface area (Å²) in [5, 5.41) is 10.7. The Bertz CT molecular complexity index is 499. The van der Waals surface area contributed by atoms with Gasteiger partial charge in [-0.3, -0.25) is 10.1 Å². The maximum Gasteiger partial charge on any atom is 0.257 e. The highest BCUT2D eigenvalue weighted by atomic mass is 32.2. The van der Waals surface area contributed by atoms with Crippen molar-refractivity contribution in [1.82, 2.24) is 10.2 Å². The largest absolute Gasteiger partial charge is 0.296 e. The topological polar surface area (TPSA) is 54.9 Å². The predicted octanol–water partition coefficient (Wildman–Crippen LogP) is 2.65. The van der Waals surface area contributed by atoms with Crippen molar-refractivity contribution >= 4 is 34.1 Å². The fraction of sp³-hybridized carbons (Fsp3) is 0.182. The summed E-state index contributed by atoms with van der Waals surface area (Å²) in [6, 6.07) is 7.59. The highest BCUT2D eigenvalue weighted by molar-refractivity contribution is 7.97. The average Bonchev–Trinajstić information content (AvgIpc) is 2.83. The molecule has 0 spiro atoms. The van der Waals surface area contributed by atoms with Crippen molar-refractivity contribution in [3.05, 3.63) is 40.9 Å². The minimum Gasteiger partial charge on any atom is -0.296 e. The summed E-state index contributed by atoms with van der Waals surface area (Å²) < 4.78 is 0. The maximum absolute atomic E-state index is 11.9. The molecule has 1 aromatic heterocycles. The van der Waals surface area contributed by atoms with E-state index in [0.29, 0.717) is 10.7 Å². The number of thioether (sulfide) groups is 1. The van der Waals surface area contributed by atoms with Crippen molar-refractivity contribution in [2.45, 2.75) is 5.75 Å². The van der Waals surface area contributed by atoms with Crippen LogP contribution in [0.15, 0.2) is 29.8 Å². The molecular formula is C11H11N3OS2. The van der Waals surface area contributed by atoms with E-state index in [9.17, 15) is 4.79 Å². The average molecular weight is 265 g/mol. The van der Waals surface area contributed by atoms with Crippen molar-refractivity contribution in [3.8, 4) is 0 Å². The second kappa shape index (κ2) is 5.79. The molecule has 1 aromatic carbocycles. The molecule has 0 unspecified atom stereocenters. The van der Waals surface area contributed by atoms with Crippen LogP contribution >= 0.6 is 23.1 Å². The van der Waals surface area contributed by atoms with Gasteiger partial charge in [0.05, 0.1) is 0 Å². The van der Waals surface area contributed by atoms with Crippen molar-refractivity contribution < 1.29 is 4.79 Å². The van der Waals surface area contributed by atoms with E-state index >= 15 is 0 Å². The van der Waals surface area contributed by atoms with E-state index in [2.05, 4.69) is 15.5 Å². The van der Waals surface area contributed by atoms with Gasteiger partial charge in [-0.25, -0.2) is 0 Å². The van der Waals surface area contributed by atoms with Gasteiger partial charge in [0.15, 0.2) is 0 Å². The summed E-state index contributed by atoms with van der Waals surface area (Å²) in [6.45, 7) is 0. The molecule has 0 fully saturated rings. The van der Waals surface area contributed by atoms with Gasteiger partial charge in [-0.2, -0.15) is 11.8 Å². The van der Waals surface area contributed by atoms with E-state index in [1.54, 1.807) is 23.3 Å². The number of amides is 1. The molecule has 1 N–H and O–H groups in total. The van der Waals surface area contributed by atoms with Crippen LogP contribution in [0.4, 0.5) is 5.13 Å². The van der Waals surface area contributed by atoms with Crippen LogP contribution in [0.25, 0.3) is 0 Å². The van der Waals surface area contributed by atoms with Gasteiger partial charge in [0.1, 0.15) is 5.51 Å². The monoisotopic (exact) mass is 265 g/mol. The number of nitrogens with zero attached hydrogens (tertiary/aromatic N) is 2. The molecule has 0 aliphatic heterocycles. The van der Waals surface area contributed by atoms with Crippen LogP contribution < -0.4 is 5.32 Å². The first-order valence-corrected chi connectivity index (χ1v) is 7.22. The Kier molecular flexibility index (Phi) is 4.11. The van der Waals surface area contributed by atoms with Crippen molar-refractivity contribution in [2.24, 2.45) is 0 Å². The molecule has 4 nitrogen and oxygen atoms in total. The van der Waals surface area contributed by atoms with Crippen LogP contribution in [-0.4, -0.2) is 22.4 Å². The number of anilines is 1. The molecule has 1 heterocycles. The number of benzene rings is 1. The zero-order valence-corrected chi connectivity index (χ0v) is 10.8. The smallest absolute Gasteiger partial charge is 0.257 e. The fourth-order valence-corrected chi connectivity index (χ4v) is 2.32. The molecule has 0 radical (unpaired) electrons. The lowest BCUT2D eigenvalue weighted by molar-refractivity contribution is 0.102. The maximum atomic E-state index is 11.9. The SMILES string of the molecule is CSCc1cccc(C(=O)Nc2nncs2)c1. The molecule has 1 amide bonds. The molecule has 0 bridgehead atoms. The molecule has 2 aromatic rings. The third-order valence-electron chi connectivity index (χ3n) is 2.08. The van der Waals surface area contributed by atoms with Gasteiger partial charge >= 0.3 is 0 Å². The normalized spacial score (nSPS) is 10.2. The van der Waals surface area contributed by atoms with E-state index in [-0.39, 0.29) is 5.91 Å². The first kappa shape index (κ1) is 12.1. The Labute approximate surface area is 107 Å². The highest BCUT2D eigenvalue weighted by Crippen LogP contribution is 2.14. The summed E-state index contributed by atoms with van der Waals surface area (Å²) in [5.41, 5.74) is 3.37. The zero-order valence-electron chi connectivity index (χ0n) is 9.21. The van der Waals surface area contributed by atoms with Crippen LogP contribution in [0.1, 0.15) is 15.9 Å². The second-order valence-corrected chi connectivity index (χ2v) is 5.03. The minimum absolute atomic E-state index is 0.148. The number of nitrogens with one attached hydrogen (secondary N) is 1. The molecule has 88 valence electrons. The molecule has 0 aliphatic rings. The Balaban J connectivity index is 2.11. The predicted molar refractivity (Wildman–Crippen MR) is 71.5 cm³/mol. The van der Waals surface area contributed by atoms with Gasteiger partial charge in [0.25, 0.3) is 5.91 Å². The fourth-order valence-electron chi connectivity index (χ4n) is 1.37. The van der Waals surface area contributed by atoms with Crippen molar-refractivity contribution in [3.63, 3.8) is 0 Å². The van der Waals surface area contributed by atoms with E-state index in [1.165, 1.54) is 11.3 Å². The summed E-state index contributed by atoms with van der Waals surface area (Å²) >= 11 is 3.03. The summed E-state index contributed by atoms with van der Waals surface area (Å²) in [5.74, 6) is 0.754. The summed E-state index contributed by atoms with van der Waals surface area (Å²) in [6.07, 6.45) is 2.04. The number of hydrogen-bond acceptors (Lipinski definition) is 5. The molecular weight excluding hydrogens is 254 g/mol. The van der Waals surface area contributed by atoms with Gasteiger partial charge in [0, 0.05) is 11.3 Å². The molecule has 6 heteroatoms. The molecule has 0 saturated carbocycles. The Morgan fingerprint density at radius 1 is 1.53 bits per heavy atom. The van der Waals surface area contributed by atoms with Gasteiger partial charge in [0.2, 0.25) is 5.13 Å². The third-order valence-corrected chi connectivity index (χ3v) is 3.31. The van der Waals surface area contributed by atoms with Crippen LogP contribution in [0.3, 0.4) is 0 Å². The van der Waals surface area contributed by atoms with Gasteiger partial charge in [-0.05, 0) is 24.0 Å². The van der Waals surface area contributed by atoms with Crippen LogP contribution in [0.5, 0.6) is 0 Å². The van der Waals surface area contributed by atoms with Crippen molar-refractivity contribution in [1.29, 1.82) is 0 Å². The second-order valence-electron chi connectivity index (χ2n) is 3.33. The number of rotatable bonds is 4. The molecule has 17 heavy (non-hydrogen) atoms. The van der Waals surface area contributed by atoms with Crippen molar-refractivity contribution in [2.75, 3.05) is 11.6 Å². The summed E-state index contributed by atoms with van der Waals surface area (Å²) in [7, 11) is 0. The molecule has 2 rings (SSSR count). The quantitative estimate of drug-likeness (QED) is 0.923. The number of carbonyl (C=O) groups is 1. The first-order chi connectivity index (χ1) is 8.29. The lowest BCUT2D eigenvalue weighted by Gasteiger charge is -2.03. The van der Waals surface area contributed by atoms with Gasteiger partial charge < -0.3 is 0 Å². The zero-order chi connectivity index (χ0) is 12.1. The van der Waals surface area contributed by atoms with Gasteiger partial charge in [-0.15, -0.1) is 10.2 Å². The molecule has 0 saturated heterocycles. The highest BCUT2D eigenvalue weighted by Gasteiger charge is 2.08. The number of aromatic nitrogens is 2.